The highest BCUT2D eigenvalue weighted by molar-refractivity contribution is 7.11. The van der Waals surface area contributed by atoms with Crippen LogP contribution in [0.3, 0.4) is 0 Å². The van der Waals surface area contributed by atoms with Gasteiger partial charge < -0.3 is 20.7 Å². The number of aryl methyl sites for hydroxylation is 1. The Bertz CT molecular complexity index is 1000. The average Bonchev–Trinajstić information content (AvgIpc) is 3.34. The topological polar surface area (TPSA) is 90.0 Å². The van der Waals surface area contributed by atoms with Gasteiger partial charge in [-0.1, -0.05) is 17.7 Å². The van der Waals surface area contributed by atoms with Crippen molar-refractivity contribution in [3.8, 4) is 11.3 Å². The lowest BCUT2D eigenvalue weighted by atomic mass is 10.1. The molecule has 0 aliphatic carbocycles. The Morgan fingerprint density at radius 1 is 1.38 bits per heavy atom. The molecule has 0 radical (unpaired) electrons. The van der Waals surface area contributed by atoms with Crippen molar-refractivity contribution in [3.63, 3.8) is 0 Å². The van der Waals surface area contributed by atoms with Gasteiger partial charge in [-0.25, -0.2) is 9.37 Å². The Labute approximate surface area is 177 Å². The third kappa shape index (κ3) is 5.02. The van der Waals surface area contributed by atoms with Crippen LogP contribution in [0.25, 0.3) is 11.3 Å². The summed E-state index contributed by atoms with van der Waals surface area (Å²) in [5.41, 5.74) is 2.34. The predicted octanol–water partition coefficient (Wildman–Crippen LogP) is 3.81. The van der Waals surface area contributed by atoms with E-state index in [0.29, 0.717) is 29.9 Å². The maximum Gasteiger partial charge on any atom is 0.268 e. The summed E-state index contributed by atoms with van der Waals surface area (Å²) in [6, 6.07) is 7.56. The zero-order valence-electron chi connectivity index (χ0n) is 16.1. The SMILES string of the molecule is CNCCC(NC(=O)c1ccc(-c2ccc(Cl)c(F)c2)[nH]1)c1nc(C)c(CO)s1. The first-order valence-corrected chi connectivity index (χ1v) is 10.3. The number of rotatable bonds is 8. The van der Waals surface area contributed by atoms with Gasteiger partial charge in [-0.15, -0.1) is 11.3 Å². The number of aromatic nitrogens is 2. The second-order valence-electron chi connectivity index (χ2n) is 6.55. The zero-order chi connectivity index (χ0) is 21.0. The molecule has 0 aliphatic heterocycles. The van der Waals surface area contributed by atoms with Crippen molar-refractivity contribution in [1.82, 2.24) is 20.6 Å². The zero-order valence-corrected chi connectivity index (χ0v) is 17.6. The Morgan fingerprint density at radius 2 is 2.17 bits per heavy atom. The quantitative estimate of drug-likeness (QED) is 0.432. The van der Waals surface area contributed by atoms with E-state index in [9.17, 15) is 14.3 Å². The van der Waals surface area contributed by atoms with E-state index in [4.69, 9.17) is 11.6 Å². The number of amides is 1. The average molecular weight is 437 g/mol. The molecule has 3 aromatic rings. The van der Waals surface area contributed by atoms with Crippen LogP contribution in [0, 0.1) is 12.7 Å². The molecule has 4 N–H and O–H groups in total. The van der Waals surface area contributed by atoms with E-state index in [0.717, 1.165) is 15.6 Å². The molecule has 0 saturated heterocycles. The number of aromatic amines is 1. The second kappa shape index (κ2) is 9.49. The van der Waals surface area contributed by atoms with Gasteiger partial charge in [-0.2, -0.15) is 0 Å². The molecule has 1 amide bonds. The van der Waals surface area contributed by atoms with Crippen molar-refractivity contribution in [3.05, 3.63) is 62.4 Å². The molecule has 0 aliphatic rings. The van der Waals surface area contributed by atoms with Gasteiger partial charge >= 0.3 is 0 Å². The molecule has 0 saturated carbocycles. The summed E-state index contributed by atoms with van der Waals surface area (Å²) in [6.07, 6.45) is 0.649. The molecule has 2 heterocycles. The van der Waals surface area contributed by atoms with E-state index in [2.05, 4.69) is 20.6 Å². The van der Waals surface area contributed by atoms with Crippen LogP contribution in [0.1, 0.15) is 38.5 Å². The van der Waals surface area contributed by atoms with Gasteiger partial charge in [0.2, 0.25) is 0 Å². The summed E-state index contributed by atoms with van der Waals surface area (Å²) in [4.78, 5) is 21.1. The van der Waals surface area contributed by atoms with Crippen LogP contribution in [0.5, 0.6) is 0 Å². The maximum absolute atomic E-state index is 13.7. The molecule has 154 valence electrons. The standard InChI is InChI=1S/C20H22ClFN4O2S/c1-11-18(10-27)29-20(24-11)17(7-8-23-2)26-19(28)16-6-5-15(25-16)12-3-4-13(21)14(22)9-12/h3-6,9,17,23,25,27H,7-8,10H2,1-2H3,(H,26,28). The summed E-state index contributed by atoms with van der Waals surface area (Å²) >= 11 is 7.12. The van der Waals surface area contributed by atoms with Crippen LogP contribution in [0.2, 0.25) is 5.02 Å². The minimum Gasteiger partial charge on any atom is -0.391 e. The minimum atomic E-state index is -0.518. The Balaban J connectivity index is 1.78. The van der Waals surface area contributed by atoms with Crippen LogP contribution in [0.4, 0.5) is 4.39 Å². The monoisotopic (exact) mass is 436 g/mol. The molecule has 0 spiro atoms. The summed E-state index contributed by atoms with van der Waals surface area (Å²) in [7, 11) is 1.84. The van der Waals surface area contributed by atoms with Gasteiger partial charge in [0.25, 0.3) is 5.91 Å². The lowest BCUT2D eigenvalue weighted by molar-refractivity contribution is 0.0930. The normalized spacial score (nSPS) is 12.2. The van der Waals surface area contributed by atoms with Crippen LogP contribution >= 0.6 is 22.9 Å². The summed E-state index contributed by atoms with van der Waals surface area (Å²) < 4.78 is 13.7. The van der Waals surface area contributed by atoms with Crippen molar-refractivity contribution in [1.29, 1.82) is 0 Å². The Morgan fingerprint density at radius 3 is 2.83 bits per heavy atom. The maximum atomic E-state index is 13.7. The molecule has 9 heteroatoms. The van der Waals surface area contributed by atoms with Gasteiger partial charge in [0.15, 0.2) is 0 Å². The highest BCUT2D eigenvalue weighted by Gasteiger charge is 2.21. The number of nitrogens with zero attached hydrogens (tertiary/aromatic N) is 1. The highest BCUT2D eigenvalue weighted by Crippen LogP contribution is 2.27. The van der Waals surface area contributed by atoms with Gasteiger partial charge in [0, 0.05) is 11.3 Å². The van der Waals surface area contributed by atoms with E-state index in [-0.39, 0.29) is 23.6 Å². The van der Waals surface area contributed by atoms with E-state index in [1.54, 1.807) is 18.2 Å². The summed E-state index contributed by atoms with van der Waals surface area (Å²) in [5.74, 6) is -0.805. The first-order chi connectivity index (χ1) is 13.9. The minimum absolute atomic E-state index is 0.0478. The number of nitrogens with one attached hydrogen (secondary N) is 3. The first kappa shape index (κ1) is 21.4. The van der Waals surface area contributed by atoms with Gasteiger partial charge in [-0.3, -0.25) is 4.79 Å². The van der Waals surface area contributed by atoms with Gasteiger partial charge in [0.05, 0.1) is 28.2 Å². The third-order valence-corrected chi connectivity index (χ3v) is 6.06. The molecule has 1 unspecified atom stereocenters. The molecule has 0 fully saturated rings. The third-order valence-electron chi connectivity index (χ3n) is 4.50. The molecule has 3 rings (SSSR count). The fraction of sp³-hybridized carbons (Fsp3) is 0.300. The largest absolute Gasteiger partial charge is 0.391 e. The molecule has 1 atom stereocenters. The Hall–Kier alpha value is -2.26. The number of hydrogen-bond donors (Lipinski definition) is 4. The van der Waals surface area contributed by atoms with Crippen LogP contribution in [-0.4, -0.2) is 34.6 Å². The number of aliphatic hydroxyl groups excluding tert-OH is 1. The van der Waals surface area contributed by atoms with Crippen molar-refractivity contribution < 1.29 is 14.3 Å². The smallest absolute Gasteiger partial charge is 0.268 e. The fourth-order valence-corrected chi connectivity index (χ4v) is 4.02. The van der Waals surface area contributed by atoms with E-state index in [1.807, 2.05) is 14.0 Å². The van der Waals surface area contributed by atoms with Crippen molar-refractivity contribution in [2.75, 3.05) is 13.6 Å². The van der Waals surface area contributed by atoms with Crippen LogP contribution in [0.15, 0.2) is 30.3 Å². The van der Waals surface area contributed by atoms with Gasteiger partial charge in [-0.05, 0) is 51.2 Å². The molecule has 1 aromatic carbocycles. The summed E-state index contributed by atoms with van der Waals surface area (Å²) in [6.45, 7) is 2.46. The molecular formula is C20H22ClFN4O2S. The molecule has 6 nitrogen and oxygen atoms in total. The van der Waals surface area contributed by atoms with E-state index in [1.165, 1.54) is 23.5 Å². The number of thiazole rings is 1. The van der Waals surface area contributed by atoms with Crippen LogP contribution in [-0.2, 0) is 6.61 Å². The number of aliphatic hydroxyl groups is 1. The lowest BCUT2D eigenvalue weighted by Crippen LogP contribution is -2.30. The number of benzene rings is 1. The molecule has 2 aromatic heterocycles. The number of carbonyl (C=O) groups is 1. The number of H-pyrrole nitrogens is 1. The van der Waals surface area contributed by atoms with Crippen molar-refractivity contribution in [2.24, 2.45) is 0 Å². The highest BCUT2D eigenvalue weighted by atomic mass is 35.5. The fourth-order valence-electron chi connectivity index (χ4n) is 2.89. The van der Waals surface area contributed by atoms with Gasteiger partial charge in [0.1, 0.15) is 16.5 Å². The van der Waals surface area contributed by atoms with Crippen LogP contribution < -0.4 is 10.6 Å². The predicted molar refractivity (Wildman–Crippen MR) is 113 cm³/mol. The van der Waals surface area contributed by atoms with Crippen molar-refractivity contribution in [2.45, 2.75) is 26.0 Å². The summed E-state index contributed by atoms with van der Waals surface area (Å²) in [5, 5.41) is 16.3. The molecule has 29 heavy (non-hydrogen) atoms. The Kier molecular flexibility index (Phi) is 7.02. The second-order valence-corrected chi connectivity index (χ2v) is 8.07. The number of halogens is 2. The lowest BCUT2D eigenvalue weighted by Gasteiger charge is -2.16. The molecule has 0 bridgehead atoms. The number of hydrogen-bond acceptors (Lipinski definition) is 5. The van der Waals surface area contributed by atoms with Crippen molar-refractivity contribution >= 4 is 28.8 Å². The first-order valence-electron chi connectivity index (χ1n) is 9.10. The van der Waals surface area contributed by atoms with E-state index >= 15 is 0 Å². The van der Waals surface area contributed by atoms with E-state index < -0.39 is 5.82 Å². The number of carbonyl (C=O) groups excluding carboxylic acids is 1. The molecular weight excluding hydrogens is 415 g/mol.